The third-order valence-corrected chi connectivity index (χ3v) is 7.39. The van der Waals surface area contributed by atoms with Crippen LogP contribution in [-0.4, -0.2) is 75.5 Å². The first-order chi connectivity index (χ1) is 17.0. The highest BCUT2D eigenvalue weighted by atomic mass is 16.2. The van der Waals surface area contributed by atoms with Crippen molar-refractivity contribution in [2.45, 2.75) is 83.1 Å². The molecule has 8 heteroatoms. The van der Waals surface area contributed by atoms with E-state index in [0.717, 1.165) is 44.1 Å². The summed E-state index contributed by atoms with van der Waals surface area (Å²) < 4.78 is 0. The van der Waals surface area contributed by atoms with Crippen LogP contribution in [0.15, 0.2) is 30.3 Å². The Morgan fingerprint density at radius 2 is 1.89 bits per heavy atom. The molecule has 8 nitrogen and oxygen atoms in total. The summed E-state index contributed by atoms with van der Waals surface area (Å²) in [6, 6.07) is 9.02. The molecule has 3 aliphatic rings. The summed E-state index contributed by atoms with van der Waals surface area (Å²) in [6.45, 7) is 2.90. The van der Waals surface area contributed by atoms with Crippen LogP contribution in [0.2, 0.25) is 0 Å². The average Bonchev–Trinajstić information content (AvgIpc) is 2.88. The predicted octanol–water partition coefficient (Wildman–Crippen LogP) is 2.95. The topological polar surface area (TPSA) is 76.2 Å². The molecule has 2 aliphatic heterocycles. The number of urea groups is 1. The first-order valence-electron chi connectivity index (χ1n) is 13.0. The van der Waals surface area contributed by atoms with Crippen LogP contribution in [0.1, 0.15) is 63.9 Å². The van der Waals surface area contributed by atoms with E-state index in [0.29, 0.717) is 19.5 Å². The Hall–Kier alpha value is -3.05. The molecule has 4 amide bonds. The number of hydrazine groups is 1. The van der Waals surface area contributed by atoms with E-state index in [-0.39, 0.29) is 37.0 Å². The van der Waals surface area contributed by atoms with Crippen LogP contribution < -0.4 is 5.32 Å². The molecule has 1 saturated carbocycles. The third kappa shape index (κ3) is 5.46. The van der Waals surface area contributed by atoms with Crippen molar-refractivity contribution in [3.05, 3.63) is 35.9 Å². The highest BCUT2D eigenvalue weighted by Crippen LogP contribution is 2.32. The first kappa shape index (κ1) is 25.1. The van der Waals surface area contributed by atoms with E-state index in [1.165, 1.54) is 6.42 Å². The lowest BCUT2D eigenvalue weighted by atomic mass is 9.91. The van der Waals surface area contributed by atoms with E-state index >= 15 is 0 Å². The maximum absolute atomic E-state index is 13.7. The van der Waals surface area contributed by atoms with Crippen LogP contribution in [0, 0.1) is 12.3 Å². The molecule has 2 heterocycles. The van der Waals surface area contributed by atoms with Crippen molar-refractivity contribution in [3.8, 4) is 12.3 Å². The minimum Gasteiger partial charge on any atom is -0.334 e. The van der Waals surface area contributed by atoms with E-state index in [1.54, 1.807) is 14.9 Å². The maximum atomic E-state index is 13.7. The van der Waals surface area contributed by atoms with Gasteiger partial charge in [-0.2, -0.15) is 5.01 Å². The second-order valence-corrected chi connectivity index (χ2v) is 9.74. The average molecular weight is 480 g/mol. The summed E-state index contributed by atoms with van der Waals surface area (Å²) in [5.41, 5.74) is 0.984. The molecule has 1 aromatic rings. The Balaban J connectivity index is 1.63. The molecule has 35 heavy (non-hydrogen) atoms. The number of fused-ring (bicyclic) bond motifs is 1. The second kappa shape index (κ2) is 11.6. The van der Waals surface area contributed by atoms with E-state index in [2.05, 4.69) is 18.2 Å². The monoisotopic (exact) mass is 479 g/mol. The van der Waals surface area contributed by atoms with Gasteiger partial charge in [-0.1, -0.05) is 75.3 Å². The van der Waals surface area contributed by atoms with Crippen LogP contribution in [0.4, 0.5) is 4.79 Å². The van der Waals surface area contributed by atoms with Crippen molar-refractivity contribution in [2.24, 2.45) is 0 Å². The molecule has 2 saturated heterocycles. The highest BCUT2D eigenvalue weighted by molar-refractivity contribution is 5.91. The van der Waals surface area contributed by atoms with E-state index in [9.17, 15) is 14.4 Å². The minimum absolute atomic E-state index is 0.0151. The Labute approximate surface area is 208 Å². The molecular formula is C27H37N5O3. The number of nitrogens with one attached hydrogen (secondary N) is 1. The Kier molecular flexibility index (Phi) is 8.29. The minimum atomic E-state index is -0.568. The molecule has 2 atom stereocenters. The number of carbonyl (C=O) groups is 3. The number of nitrogens with zero attached hydrogens (tertiary/aromatic N) is 4. The number of benzene rings is 1. The normalized spacial score (nSPS) is 23.7. The Morgan fingerprint density at radius 1 is 1.14 bits per heavy atom. The molecule has 0 bridgehead atoms. The lowest BCUT2D eigenvalue weighted by Crippen LogP contribution is -2.77. The van der Waals surface area contributed by atoms with Crippen molar-refractivity contribution < 1.29 is 14.4 Å². The van der Waals surface area contributed by atoms with Gasteiger partial charge in [0.1, 0.15) is 12.2 Å². The number of hydrogen-bond donors (Lipinski definition) is 1. The zero-order valence-electron chi connectivity index (χ0n) is 20.7. The highest BCUT2D eigenvalue weighted by Gasteiger charge is 2.52. The van der Waals surface area contributed by atoms with Crippen LogP contribution >= 0.6 is 0 Å². The molecule has 0 spiro atoms. The Bertz CT molecular complexity index is 940. The molecule has 0 unspecified atom stereocenters. The van der Waals surface area contributed by atoms with Crippen molar-refractivity contribution in [3.63, 3.8) is 0 Å². The summed E-state index contributed by atoms with van der Waals surface area (Å²) >= 11 is 0. The van der Waals surface area contributed by atoms with Gasteiger partial charge in [-0.3, -0.25) is 9.59 Å². The van der Waals surface area contributed by atoms with Crippen LogP contribution in [0.5, 0.6) is 0 Å². The number of rotatable bonds is 7. The number of carbonyl (C=O) groups excluding carboxylic acids is 3. The van der Waals surface area contributed by atoms with E-state index in [1.807, 2.05) is 35.2 Å². The number of terminal acetylenes is 1. The summed E-state index contributed by atoms with van der Waals surface area (Å²) in [5, 5.41) is 6.25. The van der Waals surface area contributed by atoms with E-state index in [4.69, 9.17) is 6.42 Å². The van der Waals surface area contributed by atoms with Crippen molar-refractivity contribution in [1.29, 1.82) is 0 Å². The van der Waals surface area contributed by atoms with Crippen molar-refractivity contribution >= 4 is 17.8 Å². The zero-order valence-corrected chi connectivity index (χ0v) is 20.7. The Morgan fingerprint density at radius 3 is 2.57 bits per heavy atom. The quantitative estimate of drug-likeness (QED) is 0.610. The third-order valence-electron chi connectivity index (χ3n) is 7.39. The largest absolute Gasteiger partial charge is 0.334 e. The van der Waals surface area contributed by atoms with E-state index < -0.39 is 12.2 Å². The number of hydrogen-bond acceptors (Lipinski definition) is 4. The predicted molar refractivity (Wildman–Crippen MR) is 133 cm³/mol. The van der Waals surface area contributed by atoms with Crippen LogP contribution in [0.25, 0.3) is 0 Å². The van der Waals surface area contributed by atoms with Gasteiger partial charge in [-0.05, 0) is 24.8 Å². The number of amides is 4. The van der Waals surface area contributed by atoms with Gasteiger partial charge in [0, 0.05) is 12.6 Å². The van der Waals surface area contributed by atoms with Gasteiger partial charge < -0.3 is 15.1 Å². The summed E-state index contributed by atoms with van der Waals surface area (Å²) in [4.78, 5) is 44.2. The lowest BCUT2D eigenvalue weighted by molar-refractivity contribution is -0.192. The van der Waals surface area contributed by atoms with Gasteiger partial charge in [-0.25, -0.2) is 9.80 Å². The molecule has 0 aromatic heterocycles. The molecular weight excluding hydrogens is 442 g/mol. The number of unbranched alkanes of at least 4 members (excludes halogenated alkanes) is 1. The van der Waals surface area contributed by atoms with Crippen LogP contribution in [-0.2, 0) is 16.1 Å². The molecule has 1 N–H and O–H groups in total. The standard InChI is InChI=1S/C27H37N5O3/c1-3-5-16-23-26(34)30(22-14-10-7-11-15-22)19-24-31(23)25(33)20-29(17-4-2)32(24)27(35)28-18-21-12-8-6-9-13-21/h2,6,8-9,12-13,22-24H,3,5,7,10-11,14-20H2,1H3,(H,28,35)/t23-,24-/m0/s1. The van der Waals surface area contributed by atoms with Gasteiger partial charge in [-0.15, -0.1) is 6.42 Å². The number of piperazine rings is 1. The molecule has 0 radical (unpaired) electrons. The van der Waals surface area contributed by atoms with Crippen molar-refractivity contribution in [1.82, 2.24) is 25.1 Å². The fourth-order valence-corrected chi connectivity index (χ4v) is 5.65. The first-order valence-corrected chi connectivity index (χ1v) is 13.0. The summed E-state index contributed by atoms with van der Waals surface area (Å²) in [7, 11) is 0. The molecule has 1 aliphatic carbocycles. The van der Waals surface area contributed by atoms with Gasteiger partial charge in [0.2, 0.25) is 11.8 Å². The summed E-state index contributed by atoms with van der Waals surface area (Å²) in [5.74, 6) is 2.48. The fourth-order valence-electron chi connectivity index (χ4n) is 5.65. The van der Waals surface area contributed by atoms with Crippen molar-refractivity contribution in [2.75, 3.05) is 19.6 Å². The smallest absolute Gasteiger partial charge is 0.334 e. The van der Waals surface area contributed by atoms with Gasteiger partial charge in [0.05, 0.1) is 19.6 Å². The van der Waals surface area contributed by atoms with Gasteiger partial charge in [0.25, 0.3) is 0 Å². The van der Waals surface area contributed by atoms with Gasteiger partial charge >= 0.3 is 6.03 Å². The zero-order chi connectivity index (χ0) is 24.8. The fraction of sp³-hybridized carbons (Fsp3) is 0.593. The second-order valence-electron chi connectivity index (χ2n) is 9.74. The van der Waals surface area contributed by atoms with Gasteiger partial charge in [0.15, 0.2) is 0 Å². The molecule has 188 valence electrons. The molecule has 1 aromatic carbocycles. The SMILES string of the molecule is C#CCN1CC(=O)N2[C@@H](CCCC)C(=O)N(C3CCCCC3)C[C@@H]2N1C(=O)NCc1ccccc1. The van der Waals surface area contributed by atoms with Crippen LogP contribution in [0.3, 0.4) is 0 Å². The lowest BCUT2D eigenvalue weighted by Gasteiger charge is -2.56. The summed E-state index contributed by atoms with van der Waals surface area (Å²) in [6.07, 6.45) is 12.8. The molecule has 4 rings (SSSR count). The molecule has 3 fully saturated rings. The maximum Gasteiger partial charge on any atom is 0.334 e.